The van der Waals surface area contributed by atoms with Gasteiger partial charge in [0.25, 0.3) is 5.91 Å². The van der Waals surface area contributed by atoms with Gasteiger partial charge < -0.3 is 14.8 Å². The number of halogens is 2. The Bertz CT molecular complexity index is 1430. The van der Waals surface area contributed by atoms with Gasteiger partial charge in [-0.05, 0) is 54.1 Å². The summed E-state index contributed by atoms with van der Waals surface area (Å²) in [6, 6.07) is 23.7. The first kappa shape index (κ1) is 25.6. The van der Waals surface area contributed by atoms with Gasteiger partial charge in [0, 0.05) is 22.2 Å². The Morgan fingerprint density at radius 1 is 1.09 bits per heavy atom. The zero-order valence-electron chi connectivity index (χ0n) is 18.7. The van der Waals surface area contributed by atoms with Crippen molar-refractivity contribution in [1.82, 2.24) is 4.98 Å². The fraction of sp³-hybridized carbons (Fsp3) is 0.0741. The second-order valence-corrected chi connectivity index (χ2v) is 7.70. The van der Waals surface area contributed by atoms with Crippen molar-refractivity contribution in [2.45, 2.75) is 6.61 Å². The summed E-state index contributed by atoms with van der Waals surface area (Å²) in [5.41, 5.74) is 2.75. The molecular formula is C27H21Cl2N3O3. The van der Waals surface area contributed by atoms with Crippen LogP contribution in [0.1, 0.15) is 11.1 Å². The van der Waals surface area contributed by atoms with Gasteiger partial charge in [0.05, 0.1) is 18.3 Å². The minimum absolute atomic E-state index is 0. The van der Waals surface area contributed by atoms with Crippen molar-refractivity contribution >= 4 is 52.6 Å². The molecule has 0 fully saturated rings. The largest absolute Gasteiger partial charge is 0.493 e. The standard InChI is InChI=1S/C27H20ClN3O3.ClH/c1-33-26-15-18(11-12-25(26)34-17-19-6-2-3-8-22(19)28)14-20(16-29)27(32)31-24-10-4-9-23-21(24)7-5-13-30-23;/h2-15H,17H2,1H3,(H,31,32);1H/b20-14+;. The molecule has 6 nitrogen and oxygen atoms in total. The van der Waals surface area contributed by atoms with E-state index in [-0.39, 0.29) is 24.6 Å². The van der Waals surface area contributed by atoms with Gasteiger partial charge in [0.15, 0.2) is 11.5 Å². The number of hydrogen-bond donors (Lipinski definition) is 1. The van der Waals surface area contributed by atoms with Crippen LogP contribution in [0.2, 0.25) is 5.02 Å². The van der Waals surface area contributed by atoms with Gasteiger partial charge in [0.1, 0.15) is 18.2 Å². The minimum Gasteiger partial charge on any atom is -0.493 e. The van der Waals surface area contributed by atoms with Gasteiger partial charge in [-0.25, -0.2) is 0 Å². The molecule has 1 heterocycles. The number of nitrogens with zero attached hydrogens (tertiary/aromatic N) is 2. The molecular weight excluding hydrogens is 485 g/mol. The highest BCUT2D eigenvalue weighted by Crippen LogP contribution is 2.30. The van der Waals surface area contributed by atoms with E-state index in [1.54, 1.807) is 48.7 Å². The van der Waals surface area contributed by atoms with E-state index >= 15 is 0 Å². The van der Waals surface area contributed by atoms with E-state index in [9.17, 15) is 10.1 Å². The van der Waals surface area contributed by atoms with Crippen molar-refractivity contribution in [2.75, 3.05) is 12.4 Å². The van der Waals surface area contributed by atoms with Crippen LogP contribution in [-0.4, -0.2) is 18.0 Å². The molecule has 0 atom stereocenters. The maximum Gasteiger partial charge on any atom is 0.266 e. The Hall–Kier alpha value is -4.05. The predicted molar refractivity (Wildman–Crippen MR) is 140 cm³/mol. The molecule has 1 aromatic heterocycles. The zero-order valence-corrected chi connectivity index (χ0v) is 20.3. The van der Waals surface area contributed by atoms with Crippen molar-refractivity contribution in [3.63, 3.8) is 0 Å². The molecule has 0 unspecified atom stereocenters. The lowest BCUT2D eigenvalue weighted by Gasteiger charge is -2.12. The van der Waals surface area contributed by atoms with Gasteiger partial charge in [-0.15, -0.1) is 12.4 Å². The van der Waals surface area contributed by atoms with E-state index in [0.717, 1.165) is 16.5 Å². The van der Waals surface area contributed by atoms with E-state index in [0.29, 0.717) is 27.8 Å². The smallest absolute Gasteiger partial charge is 0.266 e. The number of carbonyl (C=O) groups is 1. The highest BCUT2D eigenvalue weighted by atomic mass is 35.5. The maximum absolute atomic E-state index is 12.8. The lowest BCUT2D eigenvalue weighted by Crippen LogP contribution is -2.13. The highest BCUT2D eigenvalue weighted by molar-refractivity contribution is 6.31. The number of pyridine rings is 1. The van der Waals surface area contributed by atoms with E-state index in [4.69, 9.17) is 21.1 Å². The molecule has 0 saturated heterocycles. The van der Waals surface area contributed by atoms with Crippen LogP contribution in [0.25, 0.3) is 17.0 Å². The van der Waals surface area contributed by atoms with Crippen molar-refractivity contribution < 1.29 is 14.3 Å². The summed E-state index contributed by atoms with van der Waals surface area (Å²) in [6.45, 7) is 0.275. The third-order valence-electron chi connectivity index (χ3n) is 5.10. The number of amides is 1. The first-order valence-corrected chi connectivity index (χ1v) is 10.8. The fourth-order valence-corrected chi connectivity index (χ4v) is 3.57. The molecule has 0 saturated carbocycles. The maximum atomic E-state index is 12.8. The first-order chi connectivity index (χ1) is 16.6. The molecule has 176 valence electrons. The van der Waals surface area contributed by atoms with Crippen LogP contribution in [0.4, 0.5) is 5.69 Å². The number of methoxy groups -OCH3 is 1. The van der Waals surface area contributed by atoms with Crippen LogP contribution in [0, 0.1) is 11.3 Å². The number of hydrogen-bond acceptors (Lipinski definition) is 5. The summed E-state index contributed by atoms with van der Waals surface area (Å²) in [6.07, 6.45) is 3.18. The van der Waals surface area contributed by atoms with E-state index in [1.807, 2.05) is 36.4 Å². The summed E-state index contributed by atoms with van der Waals surface area (Å²) < 4.78 is 11.3. The summed E-state index contributed by atoms with van der Waals surface area (Å²) in [4.78, 5) is 17.1. The highest BCUT2D eigenvalue weighted by Gasteiger charge is 2.13. The molecule has 4 rings (SSSR count). The summed E-state index contributed by atoms with van der Waals surface area (Å²) in [5, 5.41) is 13.8. The average Bonchev–Trinajstić information content (AvgIpc) is 2.87. The molecule has 0 spiro atoms. The average molecular weight is 506 g/mol. The van der Waals surface area contributed by atoms with Crippen molar-refractivity contribution in [3.8, 4) is 17.6 Å². The number of nitrogens with one attached hydrogen (secondary N) is 1. The first-order valence-electron chi connectivity index (χ1n) is 10.4. The number of rotatable bonds is 7. The molecule has 0 bridgehead atoms. The third-order valence-corrected chi connectivity index (χ3v) is 5.47. The lowest BCUT2D eigenvalue weighted by molar-refractivity contribution is -0.112. The second kappa shape index (κ2) is 11.9. The number of ether oxygens (including phenoxy) is 2. The molecule has 1 amide bonds. The number of fused-ring (bicyclic) bond motifs is 1. The van der Waals surface area contributed by atoms with Gasteiger partial charge in [-0.2, -0.15) is 5.26 Å². The lowest BCUT2D eigenvalue weighted by atomic mass is 10.1. The molecule has 35 heavy (non-hydrogen) atoms. The van der Waals surface area contributed by atoms with Crippen LogP contribution in [-0.2, 0) is 11.4 Å². The number of anilines is 1. The Labute approximate surface area is 214 Å². The van der Waals surface area contributed by atoms with Crippen LogP contribution in [0.15, 0.2) is 84.6 Å². The number of benzene rings is 3. The summed E-state index contributed by atoms with van der Waals surface area (Å²) in [7, 11) is 1.53. The molecule has 0 aliphatic carbocycles. The topological polar surface area (TPSA) is 84.2 Å². The Kier molecular flexibility index (Phi) is 8.69. The van der Waals surface area contributed by atoms with Crippen LogP contribution in [0.5, 0.6) is 11.5 Å². The van der Waals surface area contributed by atoms with E-state index < -0.39 is 5.91 Å². The SMILES string of the molecule is COc1cc(/C=C(\C#N)C(=O)Nc2cccc3ncccc23)ccc1OCc1ccccc1Cl.Cl. The van der Waals surface area contributed by atoms with Crippen molar-refractivity contribution in [2.24, 2.45) is 0 Å². The molecule has 4 aromatic rings. The molecule has 3 aromatic carbocycles. The van der Waals surface area contributed by atoms with Crippen molar-refractivity contribution in [1.29, 1.82) is 5.26 Å². The Morgan fingerprint density at radius 2 is 1.91 bits per heavy atom. The Balaban J connectivity index is 0.00000342. The van der Waals surface area contributed by atoms with E-state index in [1.165, 1.54) is 13.2 Å². The number of carbonyl (C=O) groups excluding carboxylic acids is 1. The third kappa shape index (κ3) is 6.10. The van der Waals surface area contributed by atoms with E-state index in [2.05, 4.69) is 10.3 Å². The molecule has 0 radical (unpaired) electrons. The van der Waals surface area contributed by atoms with Crippen LogP contribution in [0.3, 0.4) is 0 Å². The normalized spacial score (nSPS) is 10.7. The molecule has 8 heteroatoms. The molecule has 0 aliphatic rings. The van der Waals surface area contributed by atoms with Gasteiger partial charge in [0.2, 0.25) is 0 Å². The number of nitriles is 1. The predicted octanol–water partition coefficient (Wildman–Crippen LogP) is 6.44. The van der Waals surface area contributed by atoms with Gasteiger partial charge >= 0.3 is 0 Å². The zero-order chi connectivity index (χ0) is 23.9. The number of aromatic nitrogens is 1. The molecule has 1 N–H and O–H groups in total. The van der Waals surface area contributed by atoms with Crippen LogP contribution < -0.4 is 14.8 Å². The van der Waals surface area contributed by atoms with Gasteiger partial charge in [-0.1, -0.05) is 41.9 Å². The summed E-state index contributed by atoms with van der Waals surface area (Å²) >= 11 is 6.19. The minimum atomic E-state index is -0.517. The van der Waals surface area contributed by atoms with Crippen LogP contribution >= 0.6 is 24.0 Å². The monoisotopic (exact) mass is 505 g/mol. The second-order valence-electron chi connectivity index (χ2n) is 7.29. The Morgan fingerprint density at radius 3 is 2.69 bits per heavy atom. The molecule has 0 aliphatic heterocycles. The van der Waals surface area contributed by atoms with Crippen molar-refractivity contribution in [3.05, 3.63) is 101 Å². The quantitative estimate of drug-likeness (QED) is 0.230. The van der Waals surface area contributed by atoms with Gasteiger partial charge in [-0.3, -0.25) is 9.78 Å². The fourth-order valence-electron chi connectivity index (χ4n) is 3.38. The summed E-state index contributed by atoms with van der Waals surface area (Å²) in [5.74, 6) is 0.473.